The van der Waals surface area contributed by atoms with Crippen LogP contribution in [0.3, 0.4) is 0 Å². The summed E-state index contributed by atoms with van der Waals surface area (Å²) < 4.78 is 120. The van der Waals surface area contributed by atoms with Crippen LogP contribution in [-0.2, 0) is 39.7 Å². The Morgan fingerprint density at radius 3 is 1.07 bits per heavy atom. The number of alkyl halides is 6. The van der Waals surface area contributed by atoms with E-state index in [2.05, 4.69) is 20.5 Å². The molecule has 0 aliphatic carbocycles. The first-order valence-electron chi connectivity index (χ1n) is 6.59. The Bertz CT molecular complexity index is 880. The summed E-state index contributed by atoms with van der Waals surface area (Å²) in [5.41, 5.74) is -10.8. The van der Waals surface area contributed by atoms with Gasteiger partial charge in [0.05, 0.1) is 0 Å². The number of hydrogen-bond acceptors (Lipinski definition) is 6. The first kappa shape index (κ1) is 27.1. The maximum atomic E-state index is 11.8. The molecule has 0 bridgehead atoms. The van der Waals surface area contributed by atoms with Crippen LogP contribution in [0.25, 0.3) is 0 Å². The third-order valence-corrected chi connectivity index (χ3v) is 4.31. The largest absolute Gasteiger partial charge is 2.00 e. The van der Waals surface area contributed by atoms with Crippen LogP contribution >= 0.6 is 0 Å². The Hall–Kier alpha value is -1.86. The van der Waals surface area contributed by atoms with Crippen LogP contribution in [0, 0.1) is 12.1 Å². The maximum Gasteiger partial charge on any atom is 2.00 e. The summed E-state index contributed by atoms with van der Waals surface area (Å²) in [6.45, 7) is 0. The van der Waals surface area contributed by atoms with Gasteiger partial charge in [0, 0.05) is 11.5 Å². The van der Waals surface area contributed by atoms with Crippen molar-refractivity contribution in [3.05, 3.63) is 60.7 Å². The fraction of sp³-hybridized carbons (Fsp3) is 0.143. The van der Waals surface area contributed by atoms with Crippen molar-refractivity contribution >= 4 is 20.2 Å². The Balaban J connectivity index is 0.000000523. The van der Waals surface area contributed by atoms with E-state index in [9.17, 15) is 43.2 Å². The summed E-state index contributed by atoms with van der Waals surface area (Å²) in [5.74, 6) is -0.804. The van der Waals surface area contributed by atoms with Crippen molar-refractivity contribution in [2.75, 3.05) is 0 Å². The first-order valence-corrected chi connectivity index (χ1v) is 9.41. The van der Waals surface area contributed by atoms with Crippen LogP contribution < -0.4 is 8.37 Å². The summed E-state index contributed by atoms with van der Waals surface area (Å²) in [7, 11) is -11.1. The topological polar surface area (TPSA) is 86.7 Å². The first-order chi connectivity index (χ1) is 12.7. The second-order valence-corrected chi connectivity index (χ2v) is 7.51. The van der Waals surface area contributed by atoms with Crippen molar-refractivity contribution in [2.45, 2.75) is 11.0 Å². The van der Waals surface area contributed by atoms with Crippen molar-refractivity contribution < 1.29 is 71.0 Å². The number of halogens is 6. The molecule has 2 aromatic rings. The van der Waals surface area contributed by atoms with Gasteiger partial charge in [-0.2, -0.15) is 79.6 Å². The molecule has 15 heteroatoms. The molecule has 2 aromatic carbocycles. The molecule has 0 amide bonds. The molecule has 0 heterocycles. The molecule has 0 saturated carbocycles. The third kappa shape index (κ3) is 8.58. The molecule has 0 fully saturated rings. The molecule has 2 rings (SSSR count). The number of rotatable bonds is 4. The summed E-state index contributed by atoms with van der Waals surface area (Å²) >= 11 is 0. The third-order valence-electron chi connectivity index (χ3n) is 2.35. The fourth-order valence-electron chi connectivity index (χ4n) is 1.20. The van der Waals surface area contributed by atoms with Gasteiger partial charge in [0.15, 0.2) is 0 Å². The standard InChI is InChI=1S/2C7H4F3O3S.Zn/c2*8-7(9,10)14(11,12)13-6-4-2-1-3-5-6;/h2*2-5H;/q2*-1;+2. The molecular weight excluding hydrogens is 508 g/mol. The van der Waals surface area contributed by atoms with E-state index in [1.807, 2.05) is 0 Å². The van der Waals surface area contributed by atoms with Gasteiger partial charge in [-0.15, -0.1) is 24.3 Å². The molecule has 0 saturated heterocycles. The van der Waals surface area contributed by atoms with Gasteiger partial charge in [-0.1, -0.05) is 0 Å². The maximum absolute atomic E-state index is 11.8. The van der Waals surface area contributed by atoms with Gasteiger partial charge in [0.2, 0.25) is 0 Å². The van der Waals surface area contributed by atoms with Crippen molar-refractivity contribution in [1.29, 1.82) is 0 Å². The molecule has 6 nitrogen and oxygen atoms in total. The molecule has 0 radical (unpaired) electrons. The SMILES string of the molecule is O=S(=O)(Oc1cc[c-]cc1)C(F)(F)F.O=S(=O)(Oc1cc[c-]cc1)C(F)(F)F.[Zn+2]. The van der Waals surface area contributed by atoms with Crippen LogP contribution in [0.4, 0.5) is 26.3 Å². The van der Waals surface area contributed by atoms with Crippen LogP contribution in [-0.4, -0.2) is 27.9 Å². The molecule has 0 unspecified atom stereocenters. The van der Waals surface area contributed by atoms with Crippen LogP contribution in [0.5, 0.6) is 11.5 Å². The van der Waals surface area contributed by atoms with E-state index in [1.54, 1.807) is 0 Å². The van der Waals surface area contributed by atoms with Gasteiger partial charge in [-0.25, -0.2) is 0 Å². The second-order valence-electron chi connectivity index (χ2n) is 4.44. The predicted molar refractivity (Wildman–Crippen MR) is 81.8 cm³/mol. The second kappa shape index (κ2) is 10.3. The average molecular weight is 516 g/mol. The minimum atomic E-state index is -5.56. The molecule has 0 aliphatic heterocycles. The number of benzene rings is 2. The van der Waals surface area contributed by atoms with E-state index >= 15 is 0 Å². The van der Waals surface area contributed by atoms with E-state index in [0.717, 1.165) is 24.3 Å². The van der Waals surface area contributed by atoms with E-state index in [4.69, 9.17) is 0 Å². The zero-order valence-electron chi connectivity index (χ0n) is 13.9. The van der Waals surface area contributed by atoms with E-state index in [1.165, 1.54) is 24.3 Å². The minimum absolute atomic E-state index is 0. The average Bonchev–Trinajstić information content (AvgIpc) is 2.54. The molecule has 29 heavy (non-hydrogen) atoms. The summed E-state index contributed by atoms with van der Waals surface area (Å²) in [4.78, 5) is 0. The Labute approximate surface area is 174 Å². The summed E-state index contributed by atoms with van der Waals surface area (Å²) in [5, 5.41) is 0. The van der Waals surface area contributed by atoms with Gasteiger partial charge in [0.1, 0.15) is 0 Å². The van der Waals surface area contributed by atoms with Gasteiger partial charge in [-0.3, -0.25) is 0 Å². The molecule has 0 aromatic heterocycles. The van der Waals surface area contributed by atoms with Gasteiger partial charge < -0.3 is 8.37 Å². The smallest absolute Gasteiger partial charge is 0.403 e. The predicted octanol–water partition coefficient (Wildman–Crippen LogP) is 3.43. The zero-order valence-corrected chi connectivity index (χ0v) is 18.5. The molecular formula is C14H8F6O6S2Zn. The molecule has 0 atom stereocenters. The zero-order chi connectivity index (χ0) is 21.6. The van der Waals surface area contributed by atoms with Gasteiger partial charge in [0.25, 0.3) is 0 Å². The van der Waals surface area contributed by atoms with E-state index < -0.39 is 42.8 Å². The Morgan fingerprint density at radius 1 is 0.621 bits per heavy atom. The monoisotopic (exact) mass is 514 g/mol. The Kier molecular flexibility index (Phi) is 9.60. The Morgan fingerprint density at radius 2 is 0.862 bits per heavy atom. The van der Waals surface area contributed by atoms with Crippen LogP contribution in [0.15, 0.2) is 48.5 Å². The van der Waals surface area contributed by atoms with Crippen molar-refractivity contribution in [2.24, 2.45) is 0 Å². The normalized spacial score (nSPS) is 12.1. The van der Waals surface area contributed by atoms with Crippen LogP contribution in [0.1, 0.15) is 0 Å². The molecule has 0 N–H and O–H groups in total. The van der Waals surface area contributed by atoms with Crippen molar-refractivity contribution in [1.82, 2.24) is 0 Å². The molecule has 0 spiro atoms. The summed E-state index contributed by atoms with van der Waals surface area (Å²) in [6.07, 6.45) is 0. The summed E-state index contributed by atoms with van der Waals surface area (Å²) in [6, 6.07) is 14.2. The molecule has 156 valence electrons. The van der Waals surface area contributed by atoms with Crippen molar-refractivity contribution in [3.63, 3.8) is 0 Å². The van der Waals surface area contributed by atoms with E-state index in [0.29, 0.717) is 0 Å². The quantitative estimate of drug-likeness (QED) is 0.204. The van der Waals surface area contributed by atoms with Crippen molar-refractivity contribution in [3.8, 4) is 11.5 Å². The fourth-order valence-corrected chi connectivity index (χ4v) is 2.12. The molecule has 0 aliphatic rings. The van der Waals surface area contributed by atoms with Crippen LogP contribution in [0.2, 0.25) is 0 Å². The van der Waals surface area contributed by atoms with Gasteiger partial charge >= 0.3 is 50.7 Å². The van der Waals surface area contributed by atoms with E-state index in [-0.39, 0.29) is 19.5 Å². The van der Waals surface area contributed by atoms with Gasteiger partial charge in [-0.05, 0) is 0 Å². The minimum Gasteiger partial charge on any atom is -0.403 e. The number of hydrogen-bond donors (Lipinski definition) is 0.